The first-order chi connectivity index (χ1) is 12.3. The van der Waals surface area contributed by atoms with Crippen LogP contribution >= 0.6 is 0 Å². The molecule has 4 bridgehead atoms. The van der Waals surface area contributed by atoms with E-state index in [4.69, 9.17) is 14.2 Å². The van der Waals surface area contributed by atoms with Crippen molar-refractivity contribution in [1.29, 1.82) is 0 Å². The van der Waals surface area contributed by atoms with Crippen LogP contribution in [0.2, 0.25) is 0 Å². The maximum atomic E-state index is 12.2. The van der Waals surface area contributed by atoms with Crippen molar-refractivity contribution in [2.45, 2.75) is 83.0 Å². The molecule has 4 saturated carbocycles. The van der Waals surface area contributed by atoms with Gasteiger partial charge in [-0.2, -0.15) is 0 Å². The Morgan fingerprint density at radius 2 is 1.88 bits per heavy atom. The molecule has 0 aromatic heterocycles. The maximum Gasteiger partial charge on any atom is 0.333 e. The molecule has 5 unspecified atom stereocenters. The summed E-state index contributed by atoms with van der Waals surface area (Å²) in [5.74, 6) is 2.16. The van der Waals surface area contributed by atoms with E-state index < -0.39 is 0 Å². The second kappa shape index (κ2) is 6.63. The van der Waals surface area contributed by atoms with E-state index in [0.717, 1.165) is 51.7 Å². The third-order valence-corrected chi connectivity index (χ3v) is 7.39. The molecule has 1 aliphatic heterocycles. The van der Waals surface area contributed by atoms with Gasteiger partial charge in [0.15, 0.2) is 0 Å². The van der Waals surface area contributed by atoms with E-state index in [-0.39, 0.29) is 17.2 Å². The summed E-state index contributed by atoms with van der Waals surface area (Å²) in [6.07, 6.45) is 7.94. The normalized spacial score (nSPS) is 44.4. The van der Waals surface area contributed by atoms with Gasteiger partial charge in [0.25, 0.3) is 0 Å². The summed E-state index contributed by atoms with van der Waals surface area (Å²) in [6, 6.07) is 0. The molecule has 146 valence electrons. The first kappa shape index (κ1) is 18.5. The van der Waals surface area contributed by atoms with Crippen LogP contribution < -0.4 is 0 Å². The molecule has 0 amide bonds. The molecule has 0 spiro atoms. The topological polar surface area (TPSA) is 44.8 Å². The summed E-state index contributed by atoms with van der Waals surface area (Å²) < 4.78 is 18.5. The molecule has 0 aromatic rings. The molecule has 4 nitrogen and oxygen atoms in total. The zero-order valence-corrected chi connectivity index (χ0v) is 16.6. The minimum Gasteiger partial charge on any atom is -0.456 e. The molecule has 0 N–H and O–H groups in total. The SMILES string of the molecule is C=C(C)C(=O)OC12CC3CC(CC(OCC4COC4C(C)CC)(C3)C1)C2. The number of carbonyl (C=O) groups excluding carboxylic acids is 1. The average Bonchev–Trinajstić information content (AvgIpc) is 2.51. The highest BCUT2D eigenvalue weighted by Crippen LogP contribution is 2.60. The first-order valence-corrected chi connectivity index (χ1v) is 10.5. The largest absolute Gasteiger partial charge is 0.456 e. The number of esters is 1. The summed E-state index contributed by atoms with van der Waals surface area (Å²) in [5, 5.41) is 0. The second-order valence-corrected chi connectivity index (χ2v) is 9.75. The number of ether oxygens (including phenoxy) is 3. The number of hydrogen-bond donors (Lipinski definition) is 0. The Morgan fingerprint density at radius 1 is 1.23 bits per heavy atom. The number of rotatable bonds is 7. The Hall–Kier alpha value is -0.870. The van der Waals surface area contributed by atoms with Gasteiger partial charge in [-0.15, -0.1) is 0 Å². The molecular formula is C22H34O4. The van der Waals surface area contributed by atoms with E-state index in [1.807, 2.05) is 0 Å². The van der Waals surface area contributed by atoms with Gasteiger partial charge in [0.2, 0.25) is 0 Å². The monoisotopic (exact) mass is 362 g/mol. The lowest BCUT2D eigenvalue weighted by Crippen LogP contribution is -2.62. The highest BCUT2D eigenvalue weighted by molar-refractivity contribution is 5.87. The predicted molar refractivity (Wildman–Crippen MR) is 99.7 cm³/mol. The molecule has 5 atom stereocenters. The molecule has 4 aliphatic carbocycles. The summed E-state index contributed by atoms with van der Waals surface area (Å²) in [7, 11) is 0. The Bertz CT molecular complexity index is 569. The van der Waals surface area contributed by atoms with Crippen molar-refractivity contribution < 1.29 is 19.0 Å². The van der Waals surface area contributed by atoms with E-state index in [1.165, 1.54) is 6.42 Å². The summed E-state index contributed by atoms with van der Waals surface area (Å²) in [6.45, 7) is 11.6. The standard InChI is InChI=1S/C22H34O4/c1-5-15(4)19-18(11-24-19)12-25-21-7-16-6-17(8-21)10-22(9-16,13-21)26-20(23)14(2)3/h15-19H,2,5-13H2,1,3-4H3. The molecule has 4 heteroatoms. The Balaban J connectivity index is 1.43. The van der Waals surface area contributed by atoms with Crippen LogP contribution in [0.5, 0.6) is 0 Å². The molecule has 5 rings (SSSR count). The van der Waals surface area contributed by atoms with Crippen LogP contribution in [0.15, 0.2) is 12.2 Å². The summed E-state index contributed by atoms with van der Waals surface area (Å²) >= 11 is 0. The quantitative estimate of drug-likeness (QED) is 0.501. The summed E-state index contributed by atoms with van der Waals surface area (Å²) in [4.78, 5) is 12.2. The van der Waals surface area contributed by atoms with Gasteiger partial charge in [0.05, 0.1) is 24.9 Å². The van der Waals surface area contributed by atoms with E-state index in [9.17, 15) is 4.79 Å². The third kappa shape index (κ3) is 3.24. The molecular weight excluding hydrogens is 328 g/mol. The van der Waals surface area contributed by atoms with Crippen molar-refractivity contribution in [3.63, 3.8) is 0 Å². The highest BCUT2D eigenvalue weighted by atomic mass is 16.6. The van der Waals surface area contributed by atoms with Gasteiger partial charge in [-0.05, 0) is 56.8 Å². The molecule has 0 radical (unpaired) electrons. The Kier molecular flexibility index (Phi) is 4.71. The molecule has 1 saturated heterocycles. The lowest BCUT2D eigenvalue weighted by Gasteiger charge is -2.61. The zero-order valence-electron chi connectivity index (χ0n) is 16.6. The van der Waals surface area contributed by atoms with Crippen LogP contribution in [-0.4, -0.2) is 36.5 Å². The second-order valence-electron chi connectivity index (χ2n) is 9.75. The van der Waals surface area contributed by atoms with Crippen LogP contribution in [0.4, 0.5) is 0 Å². The van der Waals surface area contributed by atoms with Crippen LogP contribution in [0, 0.1) is 23.7 Å². The van der Waals surface area contributed by atoms with Crippen molar-refractivity contribution >= 4 is 5.97 Å². The Morgan fingerprint density at radius 3 is 2.42 bits per heavy atom. The van der Waals surface area contributed by atoms with Crippen LogP contribution in [0.1, 0.15) is 65.7 Å². The molecule has 1 heterocycles. The molecule has 5 aliphatic rings. The van der Waals surface area contributed by atoms with Crippen molar-refractivity contribution in [1.82, 2.24) is 0 Å². The average molecular weight is 363 g/mol. The van der Waals surface area contributed by atoms with Crippen molar-refractivity contribution in [3.8, 4) is 0 Å². The number of hydrogen-bond acceptors (Lipinski definition) is 4. The van der Waals surface area contributed by atoms with Gasteiger partial charge in [-0.25, -0.2) is 4.79 Å². The predicted octanol–water partition coefficient (Wildman–Crippen LogP) is 4.27. The van der Waals surface area contributed by atoms with Gasteiger partial charge in [-0.1, -0.05) is 26.8 Å². The fraction of sp³-hybridized carbons (Fsp3) is 0.864. The fourth-order valence-electron chi connectivity index (χ4n) is 6.30. The highest BCUT2D eigenvalue weighted by Gasteiger charge is 2.60. The van der Waals surface area contributed by atoms with Gasteiger partial charge in [-0.3, -0.25) is 0 Å². The minimum absolute atomic E-state index is 0.0883. The van der Waals surface area contributed by atoms with Crippen LogP contribution in [0.3, 0.4) is 0 Å². The smallest absolute Gasteiger partial charge is 0.333 e. The van der Waals surface area contributed by atoms with Crippen LogP contribution in [-0.2, 0) is 19.0 Å². The van der Waals surface area contributed by atoms with Crippen molar-refractivity contribution in [3.05, 3.63) is 12.2 Å². The molecule has 26 heavy (non-hydrogen) atoms. The molecule has 5 fully saturated rings. The fourth-order valence-corrected chi connectivity index (χ4v) is 6.30. The van der Waals surface area contributed by atoms with Gasteiger partial charge in [0, 0.05) is 17.9 Å². The zero-order chi connectivity index (χ0) is 18.5. The van der Waals surface area contributed by atoms with Crippen LogP contribution in [0.25, 0.3) is 0 Å². The molecule has 0 aromatic carbocycles. The van der Waals surface area contributed by atoms with Gasteiger partial charge in [0.1, 0.15) is 5.60 Å². The van der Waals surface area contributed by atoms with E-state index in [2.05, 4.69) is 20.4 Å². The number of carbonyl (C=O) groups is 1. The lowest BCUT2D eigenvalue weighted by atomic mass is 9.52. The van der Waals surface area contributed by atoms with Gasteiger partial charge >= 0.3 is 5.97 Å². The van der Waals surface area contributed by atoms with E-state index in [1.54, 1.807) is 6.92 Å². The first-order valence-electron chi connectivity index (χ1n) is 10.5. The van der Waals surface area contributed by atoms with E-state index in [0.29, 0.717) is 35.3 Å². The Labute approximate surface area is 157 Å². The van der Waals surface area contributed by atoms with Gasteiger partial charge < -0.3 is 14.2 Å². The lowest BCUT2D eigenvalue weighted by molar-refractivity contribution is -0.249. The minimum atomic E-state index is -0.313. The van der Waals surface area contributed by atoms with E-state index >= 15 is 0 Å². The third-order valence-electron chi connectivity index (χ3n) is 7.39. The maximum absolute atomic E-state index is 12.2. The van der Waals surface area contributed by atoms with Crippen molar-refractivity contribution in [2.24, 2.45) is 23.7 Å². The summed E-state index contributed by atoms with van der Waals surface area (Å²) in [5.41, 5.74) is 0.0974. The van der Waals surface area contributed by atoms with Crippen molar-refractivity contribution in [2.75, 3.05) is 13.2 Å².